The summed E-state index contributed by atoms with van der Waals surface area (Å²) in [7, 11) is 0. The summed E-state index contributed by atoms with van der Waals surface area (Å²) in [5.41, 5.74) is 11.8. The number of rotatable bonds is 6. The fourth-order valence-corrected chi connectivity index (χ4v) is 6.38. The van der Waals surface area contributed by atoms with Crippen molar-refractivity contribution in [1.82, 2.24) is 14.5 Å². The minimum Gasteiger partial charge on any atom is -0.507 e. The molecule has 0 unspecified atom stereocenters. The van der Waals surface area contributed by atoms with Crippen LogP contribution in [0.25, 0.3) is 77.8 Å². The fourth-order valence-electron chi connectivity index (χ4n) is 6.38. The van der Waals surface area contributed by atoms with Gasteiger partial charge in [-0.1, -0.05) is 108 Å². The molecule has 0 saturated carbocycles. The average molecular weight is 788 g/mol. The number of pyridine rings is 1. The molecule has 0 aliphatic rings. The smallest absolute Gasteiger partial charge is 0.144 e. The predicted octanol–water partition coefficient (Wildman–Crippen LogP) is 10.4. The molecule has 47 heavy (non-hydrogen) atoms. The molecule has 0 amide bonds. The van der Waals surface area contributed by atoms with Gasteiger partial charge in [-0.25, -0.2) is 4.98 Å². The van der Waals surface area contributed by atoms with Gasteiger partial charge in [0, 0.05) is 39.3 Å². The Labute approximate surface area is 288 Å². The number of benzene rings is 6. The van der Waals surface area contributed by atoms with Crippen molar-refractivity contribution in [3.05, 3.63) is 152 Å². The van der Waals surface area contributed by atoms with Crippen molar-refractivity contribution in [1.29, 1.82) is 0 Å². The van der Waals surface area contributed by atoms with Crippen LogP contribution in [-0.4, -0.2) is 19.6 Å². The van der Waals surface area contributed by atoms with Gasteiger partial charge in [-0.05, 0) is 58.8 Å². The predicted molar refractivity (Wildman–Crippen MR) is 188 cm³/mol. The Balaban J connectivity index is 0.00000351. The SMILES string of the molecule is CCn1c(-c2cc(-c3ccccc3)ccc2O)nc2c(-c3[c-]c(-c4cccc5cccnc45)ccc3)cc(-c3ccccc3)cc21.[Pt]. The first-order chi connectivity index (χ1) is 22.7. The normalized spacial score (nSPS) is 11.1. The summed E-state index contributed by atoms with van der Waals surface area (Å²) in [4.78, 5) is 9.98. The maximum Gasteiger partial charge on any atom is 0.144 e. The third-order valence-electron chi connectivity index (χ3n) is 8.63. The summed E-state index contributed by atoms with van der Waals surface area (Å²) in [5, 5.41) is 12.3. The van der Waals surface area contributed by atoms with Crippen molar-refractivity contribution < 1.29 is 26.2 Å². The van der Waals surface area contributed by atoms with Gasteiger partial charge in [0.15, 0.2) is 0 Å². The number of imidazole rings is 1. The summed E-state index contributed by atoms with van der Waals surface area (Å²) < 4.78 is 2.20. The Morgan fingerprint density at radius 1 is 0.596 bits per heavy atom. The molecule has 0 fully saturated rings. The Morgan fingerprint density at radius 3 is 2.00 bits per heavy atom. The molecule has 8 aromatic rings. The number of aryl methyl sites for hydroxylation is 1. The molecule has 5 heteroatoms. The topological polar surface area (TPSA) is 50.9 Å². The minimum absolute atomic E-state index is 0. The largest absolute Gasteiger partial charge is 0.507 e. The third-order valence-corrected chi connectivity index (χ3v) is 8.63. The van der Waals surface area contributed by atoms with Crippen LogP contribution >= 0.6 is 0 Å². The number of hydrogen-bond donors (Lipinski definition) is 1. The molecule has 0 saturated heterocycles. The summed E-state index contributed by atoms with van der Waals surface area (Å²) in [6.07, 6.45) is 1.84. The van der Waals surface area contributed by atoms with Crippen molar-refractivity contribution in [2.45, 2.75) is 13.5 Å². The van der Waals surface area contributed by atoms with Gasteiger partial charge in [-0.15, -0.1) is 35.4 Å². The molecule has 6 aromatic carbocycles. The summed E-state index contributed by atoms with van der Waals surface area (Å²) in [6.45, 7) is 2.81. The zero-order valence-corrected chi connectivity index (χ0v) is 27.9. The molecule has 0 atom stereocenters. The Hall–Kier alpha value is -5.31. The molecular weight excluding hydrogens is 758 g/mol. The number of hydrogen-bond acceptors (Lipinski definition) is 3. The zero-order valence-electron chi connectivity index (χ0n) is 25.7. The van der Waals surface area contributed by atoms with E-state index in [1.807, 2.05) is 48.7 Å². The van der Waals surface area contributed by atoms with Crippen molar-refractivity contribution >= 4 is 21.9 Å². The first kappa shape index (κ1) is 30.3. The number of fused-ring (bicyclic) bond motifs is 2. The molecule has 2 aromatic heterocycles. The van der Waals surface area contributed by atoms with Crippen LogP contribution in [0, 0.1) is 6.07 Å². The number of aromatic hydroxyl groups is 1. The van der Waals surface area contributed by atoms with Crippen LogP contribution in [0.3, 0.4) is 0 Å². The summed E-state index contributed by atoms with van der Waals surface area (Å²) >= 11 is 0. The van der Waals surface area contributed by atoms with Crippen LogP contribution in [0.2, 0.25) is 0 Å². The van der Waals surface area contributed by atoms with Crippen LogP contribution in [0.1, 0.15) is 6.92 Å². The summed E-state index contributed by atoms with van der Waals surface area (Å²) in [5.74, 6) is 0.931. The first-order valence-electron chi connectivity index (χ1n) is 15.5. The quantitative estimate of drug-likeness (QED) is 0.171. The van der Waals surface area contributed by atoms with Gasteiger partial charge in [0.2, 0.25) is 0 Å². The van der Waals surface area contributed by atoms with E-state index in [1.165, 1.54) is 0 Å². The third kappa shape index (κ3) is 5.56. The van der Waals surface area contributed by atoms with E-state index in [2.05, 4.69) is 109 Å². The Morgan fingerprint density at radius 2 is 1.26 bits per heavy atom. The van der Waals surface area contributed by atoms with Crippen LogP contribution in [0.5, 0.6) is 5.75 Å². The number of nitrogens with zero attached hydrogens (tertiary/aromatic N) is 3. The second-order valence-corrected chi connectivity index (χ2v) is 11.4. The van der Waals surface area contributed by atoms with Crippen molar-refractivity contribution in [2.75, 3.05) is 0 Å². The van der Waals surface area contributed by atoms with Gasteiger partial charge < -0.3 is 9.67 Å². The molecule has 4 nitrogen and oxygen atoms in total. The van der Waals surface area contributed by atoms with E-state index in [0.717, 1.165) is 72.3 Å². The van der Waals surface area contributed by atoms with E-state index >= 15 is 0 Å². The standard InChI is InChI=1S/C42H30N3O.Pt/c1-2-45-38-27-34(29-14-7-4-8-15-29)26-36(33-18-9-17-32(24-33)35-20-10-16-30-19-11-23-43-40(30)35)41(38)44-42(45)37-25-31(21-22-39(37)46)28-12-5-3-6-13-28;/h3-23,25-27,46H,2H2,1H3;/q-1;. The number of aromatic nitrogens is 3. The molecule has 0 spiro atoms. The maximum atomic E-state index is 11.2. The van der Waals surface area contributed by atoms with Crippen LogP contribution in [0.15, 0.2) is 146 Å². The van der Waals surface area contributed by atoms with Crippen molar-refractivity contribution in [3.8, 4) is 61.6 Å². The molecule has 0 bridgehead atoms. The minimum atomic E-state index is 0. The average Bonchev–Trinajstić information content (AvgIpc) is 3.50. The van der Waals surface area contributed by atoms with Gasteiger partial charge >= 0.3 is 0 Å². The summed E-state index contributed by atoms with van der Waals surface area (Å²) in [6, 6.07) is 51.2. The zero-order chi connectivity index (χ0) is 31.0. The van der Waals surface area contributed by atoms with E-state index in [4.69, 9.17) is 9.97 Å². The van der Waals surface area contributed by atoms with Gasteiger partial charge in [0.05, 0.1) is 16.6 Å². The van der Waals surface area contributed by atoms with E-state index < -0.39 is 0 Å². The van der Waals surface area contributed by atoms with Gasteiger partial charge in [-0.3, -0.25) is 4.98 Å². The van der Waals surface area contributed by atoms with E-state index in [-0.39, 0.29) is 26.8 Å². The second kappa shape index (κ2) is 12.8. The molecule has 2 heterocycles. The van der Waals surface area contributed by atoms with Crippen LogP contribution in [-0.2, 0) is 27.6 Å². The molecular formula is C42H30N3OPt-. The molecule has 0 radical (unpaired) electrons. The number of phenols is 1. The van der Waals surface area contributed by atoms with Gasteiger partial charge in [0.1, 0.15) is 11.6 Å². The molecule has 0 aliphatic carbocycles. The van der Waals surface area contributed by atoms with Gasteiger partial charge in [-0.2, -0.15) is 0 Å². The van der Waals surface area contributed by atoms with E-state index in [0.29, 0.717) is 12.1 Å². The Kier molecular flexibility index (Phi) is 8.28. The Bertz CT molecular complexity index is 2360. The van der Waals surface area contributed by atoms with Crippen LogP contribution in [0.4, 0.5) is 0 Å². The molecule has 8 rings (SSSR count). The van der Waals surface area contributed by atoms with E-state index in [1.54, 1.807) is 6.07 Å². The second-order valence-electron chi connectivity index (χ2n) is 11.4. The first-order valence-corrected chi connectivity index (χ1v) is 15.5. The molecule has 230 valence electrons. The maximum absolute atomic E-state index is 11.2. The van der Waals surface area contributed by atoms with Crippen LogP contribution < -0.4 is 0 Å². The van der Waals surface area contributed by atoms with Crippen molar-refractivity contribution in [2.24, 2.45) is 0 Å². The fraction of sp³-hybridized carbons (Fsp3) is 0.0476. The number of phenolic OH excluding ortho intramolecular Hbond substituents is 1. The van der Waals surface area contributed by atoms with Gasteiger partial charge in [0.25, 0.3) is 0 Å². The van der Waals surface area contributed by atoms with Crippen molar-refractivity contribution in [3.63, 3.8) is 0 Å². The molecule has 0 aliphatic heterocycles. The monoisotopic (exact) mass is 787 g/mol. The van der Waals surface area contributed by atoms with E-state index in [9.17, 15) is 5.11 Å². The molecule has 1 N–H and O–H groups in total. The number of para-hydroxylation sites is 1.